The minimum Gasteiger partial charge on any atom is -0.467 e. The van der Waals surface area contributed by atoms with Crippen molar-refractivity contribution in [2.45, 2.75) is 104 Å². The number of carbonyl (C=O) groups excluding carboxylic acids is 4. The molecular weight excluding hydrogens is 546 g/mol. The van der Waals surface area contributed by atoms with Crippen LogP contribution in [0, 0.1) is 5.41 Å². The zero-order chi connectivity index (χ0) is 31.3. The lowest BCUT2D eigenvalue weighted by molar-refractivity contribution is -0.155. The average molecular weight is 604 g/mol. The summed E-state index contributed by atoms with van der Waals surface area (Å²) in [6.45, 7) is 9.39. The Hall–Kier alpha value is -2.40. The predicted molar refractivity (Wildman–Crippen MR) is 159 cm³/mol. The van der Waals surface area contributed by atoms with E-state index >= 15 is 0 Å². The van der Waals surface area contributed by atoms with Gasteiger partial charge in [0.05, 0.1) is 25.2 Å². The molecule has 42 heavy (non-hydrogen) atoms. The van der Waals surface area contributed by atoms with Crippen LogP contribution >= 0.6 is 0 Å². The van der Waals surface area contributed by atoms with E-state index in [1.807, 2.05) is 0 Å². The summed E-state index contributed by atoms with van der Waals surface area (Å²) in [7, 11) is 1.45. The van der Waals surface area contributed by atoms with Gasteiger partial charge in [0.1, 0.15) is 19.8 Å². The second kappa shape index (κ2) is 27.4. The zero-order valence-electron chi connectivity index (χ0n) is 26.7. The maximum absolute atomic E-state index is 12.4. The highest BCUT2D eigenvalue weighted by molar-refractivity contribution is 5.70. The first kappa shape index (κ1) is 39.6. The number of methoxy groups -OCH3 is 1. The fraction of sp³-hybridized carbons (Fsp3) is 0.871. The molecule has 0 fully saturated rings. The summed E-state index contributed by atoms with van der Waals surface area (Å²) in [4.78, 5) is 49.5. The highest BCUT2D eigenvalue weighted by Gasteiger charge is 2.36. The highest BCUT2D eigenvalue weighted by atomic mass is 16.7. The van der Waals surface area contributed by atoms with Gasteiger partial charge >= 0.3 is 18.1 Å². The maximum Gasteiger partial charge on any atom is 0.508 e. The molecule has 11 heteroatoms. The standard InChI is InChI=1S/C31H57NO10/c1-5-8-9-10-11-12-16-21-39-28(34)18-14-13-15-19-29(35)41-25-31(23-37-4,24-38-27-33)26-42-30(36)40-22-17-20-32(6-2)7-3/h27H,5-26H2,1-4H3. The molecule has 0 amide bonds. The van der Waals surface area contributed by atoms with Crippen molar-refractivity contribution in [3.8, 4) is 0 Å². The van der Waals surface area contributed by atoms with Crippen molar-refractivity contribution >= 4 is 24.6 Å². The summed E-state index contributed by atoms with van der Waals surface area (Å²) in [5, 5.41) is 0. The Bertz CT molecular complexity index is 701. The van der Waals surface area contributed by atoms with Crippen molar-refractivity contribution in [3.63, 3.8) is 0 Å². The van der Waals surface area contributed by atoms with Crippen LogP contribution in [-0.2, 0) is 42.8 Å². The van der Waals surface area contributed by atoms with Gasteiger partial charge in [-0.2, -0.15) is 0 Å². The van der Waals surface area contributed by atoms with Gasteiger partial charge in [-0.3, -0.25) is 14.4 Å². The Morgan fingerprint density at radius 2 is 1.21 bits per heavy atom. The van der Waals surface area contributed by atoms with Gasteiger partial charge in [0, 0.05) is 26.5 Å². The van der Waals surface area contributed by atoms with Crippen LogP contribution < -0.4 is 0 Å². The third-order valence-electron chi connectivity index (χ3n) is 6.95. The van der Waals surface area contributed by atoms with Gasteiger partial charge in [-0.15, -0.1) is 0 Å². The summed E-state index contributed by atoms with van der Waals surface area (Å²) >= 11 is 0. The molecule has 0 aliphatic heterocycles. The summed E-state index contributed by atoms with van der Waals surface area (Å²) in [5.74, 6) is -0.646. The quantitative estimate of drug-likeness (QED) is 0.0468. The Labute approximate surface area is 253 Å². The van der Waals surface area contributed by atoms with E-state index in [0.717, 1.165) is 32.5 Å². The lowest BCUT2D eigenvalue weighted by Gasteiger charge is -2.30. The van der Waals surface area contributed by atoms with E-state index in [-0.39, 0.29) is 51.9 Å². The Balaban J connectivity index is 4.32. The van der Waals surface area contributed by atoms with Crippen molar-refractivity contribution in [1.82, 2.24) is 4.90 Å². The Kier molecular flexibility index (Phi) is 25.9. The molecule has 0 bridgehead atoms. The molecule has 0 rings (SSSR count). The first-order valence-electron chi connectivity index (χ1n) is 15.7. The number of carbonyl (C=O) groups is 4. The number of nitrogens with zero attached hydrogens (tertiary/aromatic N) is 1. The minimum absolute atomic E-state index is 0.0182. The van der Waals surface area contributed by atoms with Crippen molar-refractivity contribution in [2.75, 3.05) is 66.4 Å². The molecule has 0 saturated carbocycles. The molecule has 11 nitrogen and oxygen atoms in total. The molecule has 0 aromatic carbocycles. The second-order valence-corrected chi connectivity index (χ2v) is 10.7. The van der Waals surface area contributed by atoms with Crippen molar-refractivity contribution < 1.29 is 47.6 Å². The van der Waals surface area contributed by atoms with Crippen molar-refractivity contribution in [2.24, 2.45) is 5.41 Å². The zero-order valence-corrected chi connectivity index (χ0v) is 26.7. The topological polar surface area (TPSA) is 127 Å². The number of ether oxygens (including phenoxy) is 6. The molecule has 1 atom stereocenters. The van der Waals surface area contributed by atoms with Gasteiger partial charge in [-0.1, -0.05) is 65.7 Å². The lowest BCUT2D eigenvalue weighted by atomic mass is 9.92. The van der Waals surface area contributed by atoms with Gasteiger partial charge in [-0.25, -0.2) is 4.79 Å². The van der Waals surface area contributed by atoms with Crippen LogP contribution in [0.3, 0.4) is 0 Å². The fourth-order valence-corrected chi connectivity index (χ4v) is 4.34. The summed E-state index contributed by atoms with van der Waals surface area (Å²) in [6.07, 6.45) is 10.4. The molecule has 0 heterocycles. The number of esters is 2. The van der Waals surface area contributed by atoms with Gasteiger partial charge in [0.2, 0.25) is 0 Å². The molecule has 0 N–H and O–H groups in total. The normalized spacial score (nSPS) is 12.4. The number of rotatable bonds is 29. The molecule has 0 aliphatic rings. The van der Waals surface area contributed by atoms with Gasteiger partial charge in [0.15, 0.2) is 0 Å². The first-order valence-corrected chi connectivity index (χ1v) is 15.7. The van der Waals surface area contributed by atoms with Crippen molar-refractivity contribution in [3.05, 3.63) is 0 Å². The summed E-state index contributed by atoms with van der Waals surface area (Å²) in [5.41, 5.74) is -1.08. The summed E-state index contributed by atoms with van der Waals surface area (Å²) in [6, 6.07) is 0. The van der Waals surface area contributed by atoms with Crippen LogP contribution in [0.25, 0.3) is 0 Å². The predicted octanol–water partition coefficient (Wildman–Crippen LogP) is 5.46. The number of hydrogen-bond donors (Lipinski definition) is 0. The molecule has 0 aromatic heterocycles. The molecule has 246 valence electrons. The monoisotopic (exact) mass is 603 g/mol. The molecule has 0 radical (unpaired) electrons. The molecular formula is C31H57NO10. The SMILES string of the molecule is CCCCCCCCCOC(=O)CCCCCC(=O)OCC(COC)(COC=O)COC(=O)OCCCN(CC)CC. The molecule has 0 aliphatic carbocycles. The average Bonchev–Trinajstić information content (AvgIpc) is 2.99. The first-order chi connectivity index (χ1) is 20.4. The smallest absolute Gasteiger partial charge is 0.467 e. The van der Waals surface area contributed by atoms with Crippen LogP contribution in [0.5, 0.6) is 0 Å². The van der Waals surface area contributed by atoms with E-state index in [1.165, 1.54) is 39.2 Å². The lowest BCUT2D eigenvalue weighted by Crippen LogP contribution is -2.42. The summed E-state index contributed by atoms with van der Waals surface area (Å²) < 4.78 is 31.3. The van der Waals surface area contributed by atoms with Gasteiger partial charge in [0.25, 0.3) is 6.47 Å². The third-order valence-corrected chi connectivity index (χ3v) is 6.95. The van der Waals surface area contributed by atoms with Gasteiger partial charge < -0.3 is 33.3 Å². The third kappa shape index (κ3) is 22.2. The minimum atomic E-state index is -1.08. The fourth-order valence-electron chi connectivity index (χ4n) is 4.34. The van der Waals surface area contributed by atoms with E-state index in [0.29, 0.717) is 38.7 Å². The Morgan fingerprint density at radius 3 is 1.83 bits per heavy atom. The van der Waals surface area contributed by atoms with E-state index in [2.05, 4.69) is 25.7 Å². The van der Waals surface area contributed by atoms with Crippen LogP contribution in [0.1, 0.15) is 104 Å². The maximum atomic E-state index is 12.4. The molecule has 0 spiro atoms. The van der Waals surface area contributed by atoms with E-state index in [9.17, 15) is 19.2 Å². The van der Waals surface area contributed by atoms with Crippen LogP contribution in [0.15, 0.2) is 0 Å². The molecule has 1 unspecified atom stereocenters. The molecule has 0 saturated heterocycles. The highest BCUT2D eigenvalue weighted by Crippen LogP contribution is 2.21. The van der Waals surface area contributed by atoms with Crippen LogP contribution in [0.2, 0.25) is 0 Å². The van der Waals surface area contributed by atoms with E-state index < -0.39 is 17.5 Å². The number of unbranched alkanes of at least 4 members (excludes halogenated alkanes) is 8. The van der Waals surface area contributed by atoms with Crippen LogP contribution in [0.4, 0.5) is 4.79 Å². The number of hydrogen-bond acceptors (Lipinski definition) is 11. The van der Waals surface area contributed by atoms with Gasteiger partial charge in [-0.05, 0) is 38.8 Å². The van der Waals surface area contributed by atoms with Crippen LogP contribution in [-0.4, -0.2) is 95.9 Å². The van der Waals surface area contributed by atoms with Crippen molar-refractivity contribution in [1.29, 1.82) is 0 Å². The second-order valence-electron chi connectivity index (χ2n) is 10.7. The van der Waals surface area contributed by atoms with E-state index in [1.54, 1.807) is 0 Å². The Morgan fingerprint density at radius 1 is 0.643 bits per heavy atom. The van der Waals surface area contributed by atoms with E-state index in [4.69, 9.17) is 28.4 Å². The largest absolute Gasteiger partial charge is 0.508 e. The molecule has 0 aromatic rings.